The molecule has 2 saturated heterocycles. The van der Waals surface area contributed by atoms with Crippen LogP contribution in [0, 0.1) is 17.8 Å². The van der Waals surface area contributed by atoms with Crippen molar-refractivity contribution in [2.45, 2.75) is 49.5 Å². The SMILES string of the molecule is O=C(CCNS(=O)(=O)c1ccccc1)N1CC2C[C@H]3CC1C[C@H](C2)C3. The van der Waals surface area contributed by atoms with Crippen LogP contribution in [0.2, 0.25) is 0 Å². The molecular weight excluding hydrogens is 336 g/mol. The molecule has 4 fully saturated rings. The minimum absolute atomic E-state index is 0.106. The molecule has 0 unspecified atom stereocenters. The van der Waals surface area contributed by atoms with Crippen LogP contribution in [0.4, 0.5) is 0 Å². The molecule has 6 heteroatoms. The maximum atomic E-state index is 12.7. The summed E-state index contributed by atoms with van der Waals surface area (Å²) in [5.74, 6) is 2.36. The Balaban J connectivity index is 1.35. The topological polar surface area (TPSA) is 66.5 Å². The summed E-state index contributed by atoms with van der Waals surface area (Å²) in [6.45, 7) is 1.04. The van der Waals surface area contributed by atoms with Crippen LogP contribution in [0.1, 0.15) is 38.5 Å². The molecule has 4 bridgehead atoms. The second kappa shape index (κ2) is 6.72. The molecule has 2 saturated carbocycles. The lowest BCUT2D eigenvalue weighted by Gasteiger charge is -2.39. The zero-order valence-electron chi connectivity index (χ0n) is 14.4. The first-order valence-corrected chi connectivity index (χ1v) is 10.8. The average molecular weight is 362 g/mol. The van der Waals surface area contributed by atoms with E-state index in [4.69, 9.17) is 0 Å². The maximum Gasteiger partial charge on any atom is 0.240 e. The molecule has 5 rings (SSSR count). The van der Waals surface area contributed by atoms with Gasteiger partial charge in [-0.05, 0) is 62.0 Å². The second-order valence-corrected chi connectivity index (χ2v) is 9.70. The molecule has 2 atom stereocenters. The van der Waals surface area contributed by atoms with Crippen molar-refractivity contribution < 1.29 is 13.2 Å². The van der Waals surface area contributed by atoms with Crippen LogP contribution in [0.25, 0.3) is 0 Å². The highest BCUT2D eigenvalue weighted by Crippen LogP contribution is 2.47. The number of nitrogens with zero attached hydrogens (tertiary/aromatic N) is 1. The molecule has 2 heterocycles. The molecule has 1 N–H and O–H groups in total. The number of benzene rings is 1. The van der Waals surface area contributed by atoms with Gasteiger partial charge in [-0.3, -0.25) is 4.79 Å². The fraction of sp³-hybridized carbons (Fsp3) is 0.632. The van der Waals surface area contributed by atoms with Gasteiger partial charge >= 0.3 is 0 Å². The predicted octanol–water partition coefficient (Wildman–Crippen LogP) is 2.39. The summed E-state index contributed by atoms with van der Waals surface area (Å²) < 4.78 is 27.0. The molecule has 0 radical (unpaired) electrons. The smallest absolute Gasteiger partial charge is 0.240 e. The van der Waals surface area contributed by atoms with Crippen molar-refractivity contribution in [3.05, 3.63) is 30.3 Å². The number of rotatable bonds is 5. The van der Waals surface area contributed by atoms with Crippen molar-refractivity contribution in [2.75, 3.05) is 13.1 Å². The monoisotopic (exact) mass is 362 g/mol. The fourth-order valence-electron chi connectivity index (χ4n) is 5.21. The van der Waals surface area contributed by atoms with Gasteiger partial charge in [0.2, 0.25) is 15.9 Å². The van der Waals surface area contributed by atoms with Gasteiger partial charge in [0.1, 0.15) is 0 Å². The third-order valence-electron chi connectivity index (χ3n) is 6.11. The Kier molecular flexibility index (Phi) is 4.58. The van der Waals surface area contributed by atoms with E-state index in [1.807, 2.05) is 0 Å². The van der Waals surface area contributed by atoms with E-state index in [0.29, 0.717) is 12.0 Å². The summed E-state index contributed by atoms with van der Waals surface area (Å²) in [7, 11) is -3.53. The Bertz CT molecular complexity index is 720. The van der Waals surface area contributed by atoms with Gasteiger partial charge in [0.15, 0.2) is 0 Å². The summed E-state index contributed by atoms with van der Waals surface area (Å²) in [6, 6.07) is 8.69. The Morgan fingerprint density at radius 2 is 1.64 bits per heavy atom. The second-order valence-electron chi connectivity index (χ2n) is 7.94. The van der Waals surface area contributed by atoms with Crippen LogP contribution in [0.15, 0.2) is 35.2 Å². The number of hydrogen-bond donors (Lipinski definition) is 1. The minimum atomic E-state index is -3.53. The van der Waals surface area contributed by atoms with E-state index >= 15 is 0 Å². The van der Waals surface area contributed by atoms with Gasteiger partial charge in [-0.2, -0.15) is 0 Å². The van der Waals surface area contributed by atoms with Crippen LogP contribution in [-0.4, -0.2) is 38.4 Å². The molecule has 4 aliphatic rings. The normalized spacial score (nSPS) is 31.1. The first kappa shape index (κ1) is 17.0. The van der Waals surface area contributed by atoms with E-state index in [-0.39, 0.29) is 23.8 Å². The highest BCUT2D eigenvalue weighted by Gasteiger charge is 2.43. The van der Waals surface area contributed by atoms with Crippen molar-refractivity contribution in [2.24, 2.45) is 17.8 Å². The number of hydrogen-bond acceptors (Lipinski definition) is 3. The van der Waals surface area contributed by atoms with E-state index < -0.39 is 10.0 Å². The minimum Gasteiger partial charge on any atom is -0.339 e. The van der Waals surface area contributed by atoms with Crippen LogP contribution in [0.5, 0.6) is 0 Å². The first-order chi connectivity index (χ1) is 12.0. The molecule has 1 aromatic carbocycles. The van der Waals surface area contributed by atoms with Gasteiger partial charge in [-0.1, -0.05) is 18.2 Å². The zero-order valence-corrected chi connectivity index (χ0v) is 15.2. The number of carbonyl (C=O) groups excluding carboxylic acids is 1. The van der Waals surface area contributed by atoms with Crippen LogP contribution in [0.3, 0.4) is 0 Å². The van der Waals surface area contributed by atoms with Gasteiger partial charge in [0.05, 0.1) is 4.90 Å². The first-order valence-electron chi connectivity index (χ1n) is 9.35. The lowest BCUT2D eigenvalue weighted by molar-refractivity contribution is -0.133. The van der Waals surface area contributed by atoms with E-state index in [9.17, 15) is 13.2 Å². The molecule has 2 aliphatic heterocycles. The third kappa shape index (κ3) is 3.60. The standard InChI is InChI=1S/C19H26N2O3S/c22-19(6-7-20-25(23,24)18-4-2-1-3-5-18)21-13-16-9-14-8-15(10-16)12-17(21)11-14/h1-5,14-17,20H,6-13H2/t14-,15-,16?,17?/m0/s1. The fourth-order valence-corrected chi connectivity index (χ4v) is 6.26. The summed E-state index contributed by atoms with van der Waals surface area (Å²) in [4.78, 5) is 15.0. The largest absolute Gasteiger partial charge is 0.339 e. The van der Waals surface area contributed by atoms with Gasteiger partial charge < -0.3 is 4.90 Å². The predicted molar refractivity (Wildman–Crippen MR) is 95.3 cm³/mol. The molecule has 0 spiro atoms. The Labute approximate surface area is 149 Å². The van der Waals surface area contributed by atoms with Crippen molar-refractivity contribution in [3.8, 4) is 0 Å². The summed E-state index contributed by atoms with van der Waals surface area (Å²) >= 11 is 0. The number of nitrogens with one attached hydrogen (secondary N) is 1. The number of amides is 1. The molecule has 1 aromatic rings. The maximum absolute atomic E-state index is 12.7. The Morgan fingerprint density at radius 3 is 2.32 bits per heavy atom. The van der Waals surface area contributed by atoms with Gasteiger partial charge in [-0.15, -0.1) is 0 Å². The van der Waals surface area contributed by atoms with Gasteiger partial charge in [0, 0.05) is 25.6 Å². The molecule has 1 amide bonds. The molecule has 136 valence electrons. The molecule has 5 nitrogen and oxygen atoms in total. The van der Waals surface area contributed by atoms with Gasteiger partial charge in [-0.25, -0.2) is 13.1 Å². The van der Waals surface area contributed by atoms with Crippen molar-refractivity contribution in [3.63, 3.8) is 0 Å². The molecule has 2 aliphatic carbocycles. The van der Waals surface area contributed by atoms with E-state index in [0.717, 1.165) is 31.2 Å². The van der Waals surface area contributed by atoms with Crippen LogP contribution in [-0.2, 0) is 14.8 Å². The molecule has 0 aromatic heterocycles. The quantitative estimate of drug-likeness (QED) is 0.875. The Morgan fingerprint density at radius 1 is 1.00 bits per heavy atom. The highest BCUT2D eigenvalue weighted by molar-refractivity contribution is 7.89. The zero-order chi connectivity index (χ0) is 17.4. The van der Waals surface area contributed by atoms with Gasteiger partial charge in [0.25, 0.3) is 0 Å². The highest BCUT2D eigenvalue weighted by atomic mass is 32.2. The summed E-state index contributed by atoms with van der Waals surface area (Å²) in [5, 5.41) is 0. The van der Waals surface area contributed by atoms with E-state index in [1.54, 1.807) is 30.3 Å². The number of carbonyl (C=O) groups is 1. The summed E-state index contributed by atoms with van der Waals surface area (Å²) in [5.41, 5.74) is 0. The van der Waals surface area contributed by atoms with E-state index in [1.165, 1.54) is 19.3 Å². The lowest BCUT2D eigenvalue weighted by Crippen LogP contribution is -2.43. The lowest BCUT2D eigenvalue weighted by atomic mass is 9.68. The molecular formula is C19H26N2O3S. The number of sulfonamides is 1. The van der Waals surface area contributed by atoms with Crippen molar-refractivity contribution >= 4 is 15.9 Å². The molecule has 25 heavy (non-hydrogen) atoms. The van der Waals surface area contributed by atoms with Crippen molar-refractivity contribution in [1.29, 1.82) is 0 Å². The van der Waals surface area contributed by atoms with Crippen LogP contribution < -0.4 is 4.72 Å². The van der Waals surface area contributed by atoms with E-state index in [2.05, 4.69) is 9.62 Å². The van der Waals surface area contributed by atoms with Crippen molar-refractivity contribution in [1.82, 2.24) is 9.62 Å². The third-order valence-corrected chi connectivity index (χ3v) is 7.59. The average Bonchev–Trinajstić information content (AvgIpc) is 2.79. The number of fused-ring (bicyclic) bond motifs is 1. The van der Waals surface area contributed by atoms with Crippen LogP contribution >= 0.6 is 0 Å². The Hall–Kier alpha value is -1.40. The summed E-state index contributed by atoms with van der Waals surface area (Å²) in [6.07, 6.45) is 6.44.